The van der Waals surface area contributed by atoms with Gasteiger partial charge in [-0.1, -0.05) is 0 Å². The average Bonchev–Trinajstić information content (AvgIpc) is 2.96. The Bertz CT molecular complexity index is 973. The Morgan fingerprint density at radius 2 is 1.81 bits per heavy atom. The summed E-state index contributed by atoms with van der Waals surface area (Å²) in [6.45, 7) is 3.25. The molecule has 0 aliphatic rings. The number of fused-ring (bicyclic) bond motifs is 1. The third-order valence-corrected chi connectivity index (χ3v) is 4.28. The zero-order valence-corrected chi connectivity index (χ0v) is 15.1. The standard InChI is InChI=1S/C20H20N2O4/c1-12-19(17-11-16(25-4)9-10-18(17)26-12)20(24)21-14-5-7-15(8-6-14)22(3)13(2)23/h5-11H,1-4H3,(H,21,24). The van der Waals surface area contributed by atoms with E-state index in [9.17, 15) is 9.59 Å². The van der Waals surface area contributed by atoms with Crippen LogP contribution >= 0.6 is 0 Å². The Balaban J connectivity index is 1.87. The van der Waals surface area contributed by atoms with Gasteiger partial charge in [-0.15, -0.1) is 0 Å². The lowest BCUT2D eigenvalue weighted by atomic mass is 10.1. The van der Waals surface area contributed by atoms with Crippen LogP contribution in [-0.2, 0) is 4.79 Å². The summed E-state index contributed by atoms with van der Waals surface area (Å²) in [5.41, 5.74) is 2.49. The first kappa shape index (κ1) is 17.5. The molecule has 0 unspecified atom stereocenters. The minimum atomic E-state index is -0.262. The fourth-order valence-electron chi connectivity index (χ4n) is 2.75. The quantitative estimate of drug-likeness (QED) is 0.771. The van der Waals surface area contributed by atoms with E-state index in [0.717, 1.165) is 5.69 Å². The molecule has 0 bridgehead atoms. The fraction of sp³-hybridized carbons (Fsp3) is 0.200. The van der Waals surface area contributed by atoms with Gasteiger partial charge in [0.05, 0.1) is 12.7 Å². The van der Waals surface area contributed by atoms with Crippen molar-refractivity contribution < 1.29 is 18.7 Å². The van der Waals surface area contributed by atoms with E-state index in [1.54, 1.807) is 63.5 Å². The van der Waals surface area contributed by atoms with E-state index in [4.69, 9.17) is 9.15 Å². The number of nitrogens with one attached hydrogen (secondary N) is 1. The zero-order chi connectivity index (χ0) is 18.8. The van der Waals surface area contributed by atoms with Gasteiger partial charge in [-0.05, 0) is 49.4 Å². The molecule has 0 saturated heterocycles. The zero-order valence-electron chi connectivity index (χ0n) is 15.1. The number of furan rings is 1. The summed E-state index contributed by atoms with van der Waals surface area (Å²) in [5, 5.41) is 3.57. The molecule has 3 aromatic rings. The number of nitrogens with zero attached hydrogens (tertiary/aromatic N) is 1. The summed E-state index contributed by atoms with van der Waals surface area (Å²) in [4.78, 5) is 25.7. The number of carbonyl (C=O) groups is 2. The van der Waals surface area contributed by atoms with Crippen LogP contribution in [0.1, 0.15) is 23.0 Å². The maximum Gasteiger partial charge on any atom is 0.259 e. The molecule has 2 aromatic carbocycles. The van der Waals surface area contributed by atoms with Crippen LogP contribution in [0.25, 0.3) is 11.0 Å². The summed E-state index contributed by atoms with van der Waals surface area (Å²) >= 11 is 0. The van der Waals surface area contributed by atoms with E-state index in [-0.39, 0.29) is 11.8 Å². The Labute approximate surface area is 151 Å². The SMILES string of the molecule is COc1ccc2oc(C)c(C(=O)Nc3ccc(N(C)C(C)=O)cc3)c2c1. The van der Waals surface area contributed by atoms with Crippen molar-refractivity contribution >= 4 is 34.2 Å². The monoisotopic (exact) mass is 352 g/mol. The lowest BCUT2D eigenvalue weighted by Gasteiger charge is -2.15. The lowest BCUT2D eigenvalue weighted by molar-refractivity contribution is -0.116. The van der Waals surface area contributed by atoms with E-state index in [0.29, 0.717) is 33.7 Å². The van der Waals surface area contributed by atoms with Crippen LogP contribution in [0.2, 0.25) is 0 Å². The highest BCUT2D eigenvalue weighted by Gasteiger charge is 2.19. The summed E-state index contributed by atoms with van der Waals surface area (Å²) in [6.07, 6.45) is 0. The van der Waals surface area contributed by atoms with Gasteiger partial charge in [0, 0.05) is 30.7 Å². The molecular weight excluding hydrogens is 332 g/mol. The Hall–Kier alpha value is -3.28. The van der Waals surface area contributed by atoms with Crippen molar-refractivity contribution in [2.75, 3.05) is 24.4 Å². The number of methoxy groups -OCH3 is 1. The molecule has 26 heavy (non-hydrogen) atoms. The second-order valence-corrected chi connectivity index (χ2v) is 5.97. The maximum absolute atomic E-state index is 12.8. The third-order valence-electron chi connectivity index (χ3n) is 4.28. The van der Waals surface area contributed by atoms with Gasteiger partial charge in [0.2, 0.25) is 5.91 Å². The molecule has 1 N–H and O–H groups in total. The topological polar surface area (TPSA) is 71.8 Å². The highest BCUT2D eigenvalue weighted by molar-refractivity contribution is 6.13. The van der Waals surface area contributed by atoms with E-state index in [1.807, 2.05) is 0 Å². The van der Waals surface area contributed by atoms with Crippen molar-refractivity contribution in [1.82, 2.24) is 0 Å². The Morgan fingerprint density at radius 1 is 1.12 bits per heavy atom. The van der Waals surface area contributed by atoms with Gasteiger partial charge < -0.3 is 19.4 Å². The molecule has 3 rings (SSSR count). The van der Waals surface area contributed by atoms with Crippen LogP contribution in [-0.4, -0.2) is 26.0 Å². The molecule has 0 radical (unpaired) electrons. The number of amides is 2. The van der Waals surface area contributed by atoms with Crippen LogP contribution in [0.5, 0.6) is 5.75 Å². The summed E-state index contributed by atoms with van der Waals surface area (Å²) in [5.74, 6) is 0.876. The molecule has 0 aliphatic carbocycles. The van der Waals surface area contributed by atoms with Crippen LogP contribution in [0.3, 0.4) is 0 Å². The van der Waals surface area contributed by atoms with Crippen molar-refractivity contribution in [3.63, 3.8) is 0 Å². The van der Waals surface area contributed by atoms with E-state index in [2.05, 4.69) is 5.32 Å². The first-order valence-electron chi connectivity index (χ1n) is 8.13. The summed E-state index contributed by atoms with van der Waals surface area (Å²) < 4.78 is 10.9. The number of carbonyl (C=O) groups excluding carboxylic acids is 2. The average molecular weight is 352 g/mol. The largest absolute Gasteiger partial charge is 0.497 e. The molecule has 0 spiro atoms. The number of rotatable bonds is 4. The predicted molar refractivity (Wildman–Crippen MR) is 101 cm³/mol. The molecule has 0 aliphatic heterocycles. The molecule has 1 heterocycles. The van der Waals surface area contributed by atoms with E-state index in [1.165, 1.54) is 11.8 Å². The molecule has 2 amide bonds. The van der Waals surface area contributed by atoms with Crippen LogP contribution < -0.4 is 15.0 Å². The molecule has 6 nitrogen and oxygen atoms in total. The first-order chi connectivity index (χ1) is 12.4. The van der Waals surface area contributed by atoms with Gasteiger partial charge in [0.1, 0.15) is 17.1 Å². The van der Waals surface area contributed by atoms with E-state index < -0.39 is 0 Å². The van der Waals surface area contributed by atoms with Gasteiger partial charge in [0.15, 0.2) is 0 Å². The normalized spacial score (nSPS) is 10.6. The number of aryl methyl sites for hydroxylation is 1. The first-order valence-corrected chi connectivity index (χ1v) is 8.13. The van der Waals surface area contributed by atoms with Crippen molar-refractivity contribution in [2.24, 2.45) is 0 Å². The number of hydrogen-bond acceptors (Lipinski definition) is 4. The number of benzene rings is 2. The van der Waals surface area contributed by atoms with Gasteiger partial charge in [-0.25, -0.2) is 0 Å². The smallest absolute Gasteiger partial charge is 0.259 e. The van der Waals surface area contributed by atoms with Crippen molar-refractivity contribution in [2.45, 2.75) is 13.8 Å². The predicted octanol–water partition coefficient (Wildman–Crippen LogP) is 3.98. The maximum atomic E-state index is 12.8. The molecule has 134 valence electrons. The molecular formula is C20H20N2O4. The number of anilines is 2. The Morgan fingerprint density at radius 3 is 2.42 bits per heavy atom. The molecule has 6 heteroatoms. The van der Waals surface area contributed by atoms with Crippen molar-refractivity contribution in [3.05, 3.63) is 53.8 Å². The number of ether oxygens (including phenoxy) is 1. The summed E-state index contributed by atoms with van der Waals surface area (Å²) in [7, 11) is 3.28. The fourth-order valence-corrected chi connectivity index (χ4v) is 2.75. The van der Waals surface area contributed by atoms with E-state index >= 15 is 0 Å². The van der Waals surface area contributed by atoms with Crippen LogP contribution in [0.15, 0.2) is 46.9 Å². The molecule has 0 atom stereocenters. The minimum Gasteiger partial charge on any atom is -0.497 e. The lowest BCUT2D eigenvalue weighted by Crippen LogP contribution is -2.22. The minimum absolute atomic E-state index is 0.0591. The number of hydrogen-bond donors (Lipinski definition) is 1. The highest BCUT2D eigenvalue weighted by Crippen LogP contribution is 2.29. The molecule has 1 aromatic heterocycles. The van der Waals surface area contributed by atoms with Crippen molar-refractivity contribution in [3.8, 4) is 5.75 Å². The van der Waals surface area contributed by atoms with Gasteiger partial charge in [-0.2, -0.15) is 0 Å². The van der Waals surface area contributed by atoms with Crippen LogP contribution in [0, 0.1) is 6.92 Å². The second kappa shape index (κ2) is 6.92. The molecule has 0 fully saturated rings. The van der Waals surface area contributed by atoms with Gasteiger partial charge >= 0.3 is 0 Å². The highest BCUT2D eigenvalue weighted by atomic mass is 16.5. The van der Waals surface area contributed by atoms with Gasteiger partial charge in [0.25, 0.3) is 5.91 Å². The van der Waals surface area contributed by atoms with Crippen molar-refractivity contribution in [1.29, 1.82) is 0 Å². The Kier molecular flexibility index (Phi) is 4.67. The van der Waals surface area contributed by atoms with Crippen LogP contribution in [0.4, 0.5) is 11.4 Å². The second-order valence-electron chi connectivity index (χ2n) is 5.97. The van der Waals surface area contributed by atoms with Gasteiger partial charge in [-0.3, -0.25) is 9.59 Å². The third kappa shape index (κ3) is 3.26. The summed E-state index contributed by atoms with van der Waals surface area (Å²) in [6, 6.07) is 12.4. The molecule has 0 saturated carbocycles.